The van der Waals surface area contributed by atoms with Crippen LogP contribution in [0.2, 0.25) is 10.0 Å². The molecule has 0 saturated heterocycles. The van der Waals surface area contributed by atoms with E-state index >= 15 is 0 Å². The number of pyridine rings is 1. The van der Waals surface area contributed by atoms with Crippen molar-refractivity contribution < 1.29 is 19.0 Å². The molecule has 1 aliphatic rings. The minimum atomic E-state index is -0.608. The summed E-state index contributed by atoms with van der Waals surface area (Å²) in [6.07, 6.45) is 0.231. The van der Waals surface area contributed by atoms with E-state index in [2.05, 4.69) is 4.98 Å². The van der Waals surface area contributed by atoms with Gasteiger partial charge < -0.3 is 19.2 Å². The molecule has 44 heavy (non-hydrogen) atoms. The number of methoxy groups -OCH3 is 3. The number of fused-ring (bicyclic) bond motifs is 1. The summed E-state index contributed by atoms with van der Waals surface area (Å²) in [7, 11) is 4.45. The van der Waals surface area contributed by atoms with E-state index in [4.69, 9.17) is 42.5 Å². The fourth-order valence-electron chi connectivity index (χ4n) is 5.62. The van der Waals surface area contributed by atoms with E-state index in [0.717, 1.165) is 10.9 Å². The van der Waals surface area contributed by atoms with Crippen LogP contribution in [0.25, 0.3) is 22.0 Å². The van der Waals surface area contributed by atoms with Crippen LogP contribution < -0.4 is 19.8 Å². The van der Waals surface area contributed by atoms with Crippen molar-refractivity contribution in [3.8, 4) is 28.4 Å². The van der Waals surface area contributed by atoms with Gasteiger partial charge in [-0.2, -0.15) is 5.10 Å². The number of halogens is 2. The Morgan fingerprint density at radius 1 is 0.864 bits per heavy atom. The van der Waals surface area contributed by atoms with Crippen molar-refractivity contribution in [3.05, 3.63) is 122 Å². The van der Waals surface area contributed by atoms with E-state index in [0.29, 0.717) is 55.2 Å². The van der Waals surface area contributed by atoms with Crippen molar-refractivity contribution in [3.63, 3.8) is 0 Å². The fourth-order valence-corrected chi connectivity index (χ4v) is 6.05. The van der Waals surface area contributed by atoms with Crippen LogP contribution in [0, 0.1) is 0 Å². The Morgan fingerprint density at radius 2 is 1.55 bits per heavy atom. The van der Waals surface area contributed by atoms with Crippen molar-refractivity contribution in [1.82, 2.24) is 9.99 Å². The zero-order valence-electron chi connectivity index (χ0n) is 24.1. The summed E-state index contributed by atoms with van der Waals surface area (Å²) in [6, 6.07) is 24.7. The number of hydrazone groups is 1. The van der Waals surface area contributed by atoms with Crippen LogP contribution in [-0.2, 0) is 0 Å². The molecule has 6 rings (SSSR count). The summed E-state index contributed by atoms with van der Waals surface area (Å²) in [5.41, 5.74) is 3.50. The van der Waals surface area contributed by atoms with Gasteiger partial charge in [-0.15, -0.1) is 0 Å². The Morgan fingerprint density at radius 3 is 2.20 bits per heavy atom. The van der Waals surface area contributed by atoms with Gasteiger partial charge in [-0.3, -0.25) is 9.59 Å². The standard InChI is InChI=1S/C34H27Cl2N3O5/c1-42-28-15-20(16-29(43-2)32(28)44-3)34(41)39-27(22-11-7-8-12-24(22)36)18-26(38-39)31-30(19-9-5-4-6-10-19)23-17-21(35)13-14-25(23)37-33(31)40/h4-17,27H,18H2,1-3H3,(H,37,40). The normalized spacial score (nSPS) is 14.4. The number of carbonyl (C=O) groups excluding carboxylic acids is 1. The van der Waals surface area contributed by atoms with Crippen LogP contribution in [-0.4, -0.2) is 42.9 Å². The monoisotopic (exact) mass is 627 g/mol. The third-order valence-electron chi connectivity index (χ3n) is 7.62. The molecular formula is C34H27Cl2N3O5. The van der Waals surface area contributed by atoms with Gasteiger partial charge in [-0.05, 0) is 47.5 Å². The lowest BCUT2D eigenvalue weighted by molar-refractivity contribution is 0.0710. The molecule has 0 spiro atoms. The van der Waals surface area contributed by atoms with Crippen LogP contribution in [0.5, 0.6) is 17.2 Å². The number of H-pyrrole nitrogens is 1. The van der Waals surface area contributed by atoms with Crippen molar-refractivity contribution in [2.24, 2.45) is 5.10 Å². The van der Waals surface area contributed by atoms with Gasteiger partial charge >= 0.3 is 0 Å². The quantitative estimate of drug-likeness (QED) is 0.201. The van der Waals surface area contributed by atoms with E-state index in [1.54, 1.807) is 30.3 Å². The number of carbonyl (C=O) groups is 1. The fraction of sp³-hybridized carbons (Fsp3) is 0.147. The molecule has 1 unspecified atom stereocenters. The van der Waals surface area contributed by atoms with Crippen molar-refractivity contribution in [2.75, 3.05) is 21.3 Å². The Labute approximate surface area is 263 Å². The lowest BCUT2D eigenvalue weighted by Gasteiger charge is -2.23. The Bertz CT molecular complexity index is 1970. The largest absolute Gasteiger partial charge is 0.493 e. The van der Waals surface area contributed by atoms with Gasteiger partial charge in [0.25, 0.3) is 11.5 Å². The number of nitrogens with zero attached hydrogens (tertiary/aromatic N) is 2. The first-order chi connectivity index (χ1) is 21.3. The van der Waals surface area contributed by atoms with Gasteiger partial charge in [0.15, 0.2) is 11.5 Å². The smallest absolute Gasteiger partial charge is 0.274 e. The summed E-state index contributed by atoms with van der Waals surface area (Å²) in [4.78, 5) is 31.1. The molecule has 0 aliphatic carbocycles. The SMILES string of the molecule is COc1cc(C(=O)N2N=C(c3c(-c4ccccc4)c4cc(Cl)ccc4[nH]c3=O)CC2c2ccccc2Cl)cc(OC)c1OC. The lowest BCUT2D eigenvalue weighted by atomic mass is 9.91. The van der Waals surface area contributed by atoms with E-state index in [9.17, 15) is 9.59 Å². The molecule has 2 heterocycles. The average molecular weight is 629 g/mol. The van der Waals surface area contributed by atoms with Crippen LogP contribution in [0.1, 0.15) is 33.9 Å². The molecule has 0 saturated carbocycles. The number of hydrogen-bond acceptors (Lipinski definition) is 6. The van der Waals surface area contributed by atoms with E-state index in [-0.39, 0.29) is 17.5 Å². The molecule has 222 valence electrons. The zero-order chi connectivity index (χ0) is 31.0. The number of ether oxygens (including phenoxy) is 3. The maximum absolute atomic E-state index is 14.3. The molecule has 1 aliphatic heterocycles. The van der Waals surface area contributed by atoms with Crippen molar-refractivity contribution in [1.29, 1.82) is 0 Å². The molecule has 0 fully saturated rings. The second-order valence-electron chi connectivity index (χ2n) is 10.1. The Kier molecular flexibility index (Phi) is 8.03. The molecule has 10 heteroatoms. The average Bonchev–Trinajstić information content (AvgIpc) is 3.48. The molecule has 1 atom stereocenters. The minimum Gasteiger partial charge on any atom is -0.493 e. The molecule has 4 aromatic carbocycles. The second kappa shape index (κ2) is 12.1. The highest BCUT2D eigenvalue weighted by Gasteiger charge is 2.37. The molecule has 5 aromatic rings. The molecule has 0 radical (unpaired) electrons. The van der Waals surface area contributed by atoms with Gasteiger partial charge in [-0.1, -0.05) is 71.7 Å². The zero-order valence-corrected chi connectivity index (χ0v) is 25.6. The minimum absolute atomic E-state index is 0.231. The molecule has 8 nitrogen and oxygen atoms in total. The predicted molar refractivity (Wildman–Crippen MR) is 173 cm³/mol. The number of rotatable bonds is 7. The Balaban J connectivity index is 1.58. The molecule has 1 N–H and O–H groups in total. The van der Waals surface area contributed by atoms with Crippen LogP contribution in [0.4, 0.5) is 0 Å². The summed E-state index contributed by atoms with van der Waals surface area (Å²) < 4.78 is 16.4. The Hall–Kier alpha value is -4.79. The van der Waals surface area contributed by atoms with Crippen molar-refractivity contribution in [2.45, 2.75) is 12.5 Å². The first-order valence-electron chi connectivity index (χ1n) is 13.7. The topological polar surface area (TPSA) is 93.2 Å². The summed E-state index contributed by atoms with van der Waals surface area (Å²) >= 11 is 13.1. The van der Waals surface area contributed by atoms with Gasteiger partial charge in [0.05, 0.1) is 38.6 Å². The van der Waals surface area contributed by atoms with E-state index in [1.165, 1.54) is 26.3 Å². The molecule has 1 amide bonds. The number of aromatic amines is 1. The van der Waals surface area contributed by atoms with Gasteiger partial charge in [0, 0.05) is 38.5 Å². The highest BCUT2D eigenvalue weighted by atomic mass is 35.5. The molecular weight excluding hydrogens is 601 g/mol. The predicted octanol–water partition coefficient (Wildman–Crippen LogP) is 7.52. The van der Waals surface area contributed by atoms with E-state index < -0.39 is 11.9 Å². The van der Waals surface area contributed by atoms with Gasteiger partial charge in [-0.25, -0.2) is 5.01 Å². The number of amides is 1. The number of benzene rings is 4. The summed E-state index contributed by atoms with van der Waals surface area (Å²) in [5, 5.41) is 7.96. The number of hydrogen-bond donors (Lipinski definition) is 1. The van der Waals surface area contributed by atoms with Crippen LogP contribution in [0.15, 0.2) is 94.8 Å². The second-order valence-corrected chi connectivity index (χ2v) is 11.0. The van der Waals surface area contributed by atoms with Crippen LogP contribution in [0.3, 0.4) is 0 Å². The van der Waals surface area contributed by atoms with Crippen LogP contribution >= 0.6 is 23.2 Å². The first kappa shape index (κ1) is 29.3. The van der Waals surface area contributed by atoms with E-state index in [1.807, 2.05) is 54.6 Å². The number of aromatic nitrogens is 1. The third kappa shape index (κ3) is 5.16. The van der Waals surface area contributed by atoms with Crippen molar-refractivity contribution >= 4 is 45.7 Å². The molecule has 0 bridgehead atoms. The maximum Gasteiger partial charge on any atom is 0.274 e. The third-order valence-corrected chi connectivity index (χ3v) is 8.20. The molecule has 1 aromatic heterocycles. The highest BCUT2D eigenvalue weighted by Crippen LogP contribution is 2.42. The first-order valence-corrected chi connectivity index (χ1v) is 14.5. The summed E-state index contributed by atoms with van der Waals surface area (Å²) in [6.45, 7) is 0. The highest BCUT2D eigenvalue weighted by molar-refractivity contribution is 6.32. The maximum atomic E-state index is 14.3. The van der Waals surface area contributed by atoms with Gasteiger partial charge in [0.1, 0.15) is 0 Å². The number of nitrogens with one attached hydrogen (secondary N) is 1. The van der Waals surface area contributed by atoms with Gasteiger partial charge in [0.2, 0.25) is 5.75 Å². The summed E-state index contributed by atoms with van der Waals surface area (Å²) in [5.74, 6) is 0.559. The lowest BCUT2D eigenvalue weighted by Crippen LogP contribution is -2.27.